The number of carbonyl (C=O) groups is 4. The molecular formula is C34H29Cl2N6O9S2+. The van der Waals surface area contributed by atoms with Crippen LogP contribution in [0.25, 0.3) is 16.8 Å². The van der Waals surface area contributed by atoms with E-state index in [1.165, 1.54) is 31.0 Å². The van der Waals surface area contributed by atoms with Gasteiger partial charge in [0, 0.05) is 28.1 Å². The van der Waals surface area contributed by atoms with Crippen LogP contribution in [-0.2, 0) is 30.6 Å². The van der Waals surface area contributed by atoms with Crippen molar-refractivity contribution < 1.29 is 49.0 Å². The van der Waals surface area contributed by atoms with Crippen molar-refractivity contribution in [3.05, 3.63) is 92.3 Å². The number of phenolic OH excluding ortho intramolecular Hbond substituents is 2. The molecule has 19 heteroatoms. The third-order valence-corrected chi connectivity index (χ3v) is 11.0. The second kappa shape index (κ2) is 14.6. The maximum atomic E-state index is 13.3. The molecule has 2 aromatic heterocycles. The normalized spacial score (nSPS) is 17.5. The summed E-state index contributed by atoms with van der Waals surface area (Å²) >= 11 is 14.7. The van der Waals surface area contributed by atoms with Crippen LogP contribution in [0.3, 0.4) is 0 Å². The van der Waals surface area contributed by atoms with Crippen LogP contribution in [0.15, 0.2) is 70.6 Å². The van der Waals surface area contributed by atoms with Crippen LogP contribution in [0, 0.1) is 0 Å². The molecule has 2 atom stereocenters. The molecular weight excluding hydrogens is 771 g/mol. The number of rotatable bonds is 11. The minimum atomic E-state index is -1.79. The van der Waals surface area contributed by atoms with E-state index in [2.05, 4.69) is 15.5 Å². The Bertz CT molecular complexity index is 2290. The lowest BCUT2D eigenvalue weighted by molar-refractivity contribution is -0.687. The lowest BCUT2D eigenvalue weighted by atomic mass is 10.0. The smallest absolute Gasteiger partial charge is 0.352 e. The molecule has 0 aliphatic carbocycles. The van der Waals surface area contributed by atoms with Crippen molar-refractivity contribution in [2.45, 2.75) is 37.4 Å². The van der Waals surface area contributed by atoms with Crippen LogP contribution in [0.5, 0.6) is 11.5 Å². The summed E-state index contributed by atoms with van der Waals surface area (Å²) in [4.78, 5) is 60.8. The molecule has 6 rings (SSSR count). The molecule has 274 valence electrons. The van der Waals surface area contributed by atoms with Crippen LogP contribution in [0.1, 0.15) is 30.7 Å². The van der Waals surface area contributed by atoms with Crippen molar-refractivity contribution in [3.63, 3.8) is 0 Å². The van der Waals surface area contributed by atoms with Gasteiger partial charge in [0.2, 0.25) is 5.60 Å². The Morgan fingerprint density at radius 1 is 1.11 bits per heavy atom. The van der Waals surface area contributed by atoms with Crippen LogP contribution in [0.2, 0.25) is 10.0 Å². The van der Waals surface area contributed by atoms with Gasteiger partial charge in [-0.3, -0.25) is 14.5 Å². The molecule has 4 aromatic rings. The highest BCUT2D eigenvalue weighted by molar-refractivity contribution is 8.00. The largest absolute Gasteiger partial charge is 0.503 e. The minimum absolute atomic E-state index is 0.00320. The molecule has 4 heterocycles. The highest BCUT2D eigenvalue weighted by atomic mass is 35.5. The van der Waals surface area contributed by atoms with E-state index in [1.807, 2.05) is 28.8 Å². The fourth-order valence-electron chi connectivity index (χ4n) is 5.39. The van der Waals surface area contributed by atoms with Crippen LogP contribution >= 0.6 is 46.3 Å². The Morgan fingerprint density at radius 3 is 2.42 bits per heavy atom. The predicted octanol–water partition coefficient (Wildman–Crippen LogP) is 3.97. The topological polar surface area (TPSA) is 229 Å². The highest BCUT2D eigenvalue weighted by Crippen LogP contribution is 2.45. The van der Waals surface area contributed by atoms with Crippen molar-refractivity contribution in [2.75, 3.05) is 11.5 Å². The first-order chi connectivity index (χ1) is 25.1. The quantitative estimate of drug-likeness (QED) is 0.0417. The lowest BCUT2D eigenvalue weighted by Crippen LogP contribution is -2.71. The zero-order valence-electron chi connectivity index (χ0n) is 27.6. The van der Waals surface area contributed by atoms with Crippen molar-refractivity contribution in [1.29, 1.82) is 0 Å². The molecule has 7 N–H and O–H groups in total. The number of β-lactam (4-membered cyclic amide) rings is 1. The monoisotopic (exact) mass is 799 g/mol. The number of amides is 2. The molecule has 2 amide bonds. The number of thioether (sulfide) groups is 1. The number of anilines is 1. The SMILES string of the molecule is CC(C)(O/N=C(\C(=O)N[C@@H]1C(=O)N2C(C(=O)O)=C(/C=C/c3ccc(C[n+]4ccc5c(Cl)c(O)c(O)c(Cl)c5c4)cc3)CS[C@H]12)c1csc(N)n1)C(=O)O. The van der Waals surface area contributed by atoms with E-state index >= 15 is 0 Å². The number of allylic oxidation sites excluding steroid dienone is 1. The Kier molecular flexibility index (Phi) is 10.3. The number of carboxylic acid groups (broad SMARTS) is 2. The Labute approximate surface area is 318 Å². The summed E-state index contributed by atoms with van der Waals surface area (Å²) in [6.45, 7) is 2.91. The first-order valence-corrected chi connectivity index (χ1v) is 18.2. The first-order valence-electron chi connectivity index (χ1n) is 15.5. The summed E-state index contributed by atoms with van der Waals surface area (Å²) < 4.78 is 1.84. The fraction of sp³-hybridized carbons (Fsp3) is 0.206. The second-order valence-electron chi connectivity index (χ2n) is 12.3. The molecule has 0 spiro atoms. The van der Waals surface area contributed by atoms with Crippen LogP contribution < -0.4 is 15.6 Å². The zero-order chi connectivity index (χ0) is 38.4. The number of nitrogens with two attached hydrogens (primary N) is 1. The number of hydrogen-bond acceptors (Lipinski definition) is 12. The lowest BCUT2D eigenvalue weighted by Gasteiger charge is -2.49. The molecule has 15 nitrogen and oxygen atoms in total. The number of fused-ring (bicyclic) bond motifs is 2. The van der Waals surface area contributed by atoms with E-state index in [9.17, 15) is 39.6 Å². The summed E-state index contributed by atoms with van der Waals surface area (Å²) in [7, 11) is 0. The molecule has 1 saturated heterocycles. The van der Waals surface area contributed by atoms with Gasteiger partial charge in [0.15, 0.2) is 41.3 Å². The van der Waals surface area contributed by atoms with E-state index < -0.39 is 58.0 Å². The molecule has 1 fully saturated rings. The maximum Gasteiger partial charge on any atom is 0.352 e. The Morgan fingerprint density at radius 2 is 1.79 bits per heavy atom. The number of nitrogen functional groups attached to an aromatic ring is 1. The molecule has 2 aliphatic heterocycles. The number of aliphatic carboxylic acids is 2. The number of hydrogen-bond donors (Lipinski definition) is 6. The minimum Gasteiger partial charge on any atom is -0.503 e. The number of carbonyl (C=O) groups excluding carboxylic acids is 2. The van der Waals surface area contributed by atoms with Crippen molar-refractivity contribution >= 4 is 97.7 Å². The van der Waals surface area contributed by atoms with Gasteiger partial charge in [-0.2, -0.15) is 0 Å². The molecule has 0 bridgehead atoms. The summed E-state index contributed by atoms with van der Waals surface area (Å²) in [5.41, 5.74) is 5.38. The number of halogens is 2. The van der Waals surface area contributed by atoms with Crippen molar-refractivity contribution in [3.8, 4) is 11.5 Å². The van der Waals surface area contributed by atoms with E-state index in [0.29, 0.717) is 22.9 Å². The number of thiazole rings is 1. The molecule has 0 saturated carbocycles. The van der Waals surface area contributed by atoms with E-state index in [1.54, 1.807) is 30.6 Å². The fourth-order valence-corrected chi connectivity index (χ4v) is 7.75. The first kappa shape index (κ1) is 37.4. The number of oxime groups is 1. The number of nitrogens with one attached hydrogen (secondary N) is 1. The van der Waals surface area contributed by atoms with E-state index in [0.717, 1.165) is 27.4 Å². The zero-order valence-corrected chi connectivity index (χ0v) is 30.8. The van der Waals surface area contributed by atoms with Gasteiger partial charge in [0.25, 0.3) is 11.8 Å². The maximum absolute atomic E-state index is 13.3. The third-order valence-electron chi connectivity index (χ3n) is 8.30. The van der Waals surface area contributed by atoms with Gasteiger partial charge < -0.3 is 36.3 Å². The number of aromatic hydroxyl groups is 2. The standard InChI is InChI=1S/C34H28Cl2N6O9S2/c1-34(2,32(49)50)51-40-23(20-14-53-33(37)38-20)28(45)39-24-29(46)42-25(31(47)48)17(13-52-30(24)42)8-7-15-3-5-16(6-4-15)11-41-10-9-18-19(12-41)22(36)27(44)26(43)21(18)35/h3-10,12,14,24,30H,11,13H2,1-2H3,(H6,37,38,39,44,45,47,48,49,50)/p+1/b8-7+,40-23-/t24-,30-/m1/s1. The number of nitrogens with zero attached hydrogens (tertiary/aromatic N) is 4. The molecule has 2 aliphatic rings. The number of pyridine rings is 1. The van der Waals surface area contributed by atoms with Gasteiger partial charge in [0.1, 0.15) is 27.8 Å². The summed E-state index contributed by atoms with van der Waals surface area (Å²) in [5, 5.41) is 47.6. The van der Waals surface area contributed by atoms with Gasteiger partial charge >= 0.3 is 11.9 Å². The van der Waals surface area contributed by atoms with Gasteiger partial charge in [-0.15, -0.1) is 23.1 Å². The van der Waals surface area contributed by atoms with Gasteiger partial charge in [0.05, 0.1) is 10.4 Å². The van der Waals surface area contributed by atoms with E-state index in [-0.39, 0.29) is 32.3 Å². The molecule has 0 radical (unpaired) electrons. The Hall–Kier alpha value is -5.36. The number of aromatic nitrogens is 2. The number of benzene rings is 2. The number of carboxylic acids is 2. The second-order valence-corrected chi connectivity index (χ2v) is 15.1. The summed E-state index contributed by atoms with van der Waals surface area (Å²) in [5.74, 6) is -4.97. The third kappa shape index (κ3) is 7.33. The average molecular weight is 801 g/mol. The van der Waals surface area contributed by atoms with Crippen molar-refractivity contribution in [1.82, 2.24) is 15.2 Å². The van der Waals surface area contributed by atoms with Gasteiger partial charge in [-0.1, -0.05) is 64.8 Å². The summed E-state index contributed by atoms with van der Waals surface area (Å²) in [6, 6.07) is 8.03. The van der Waals surface area contributed by atoms with Gasteiger partial charge in [-0.05, 0) is 25.0 Å². The van der Waals surface area contributed by atoms with Crippen LogP contribution in [0.4, 0.5) is 5.13 Å². The van der Waals surface area contributed by atoms with Gasteiger partial charge in [-0.25, -0.2) is 19.1 Å². The predicted molar refractivity (Wildman–Crippen MR) is 198 cm³/mol. The van der Waals surface area contributed by atoms with Crippen molar-refractivity contribution in [2.24, 2.45) is 5.16 Å². The summed E-state index contributed by atoms with van der Waals surface area (Å²) in [6.07, 6.45) is 6.83. The molecule has 53 heavy (non-hydrogen) atoms. The average Bonchev–Trinajstić information content (AvgIpc) is 3.56. The molecule has 0 unspecified atom stereocenters. The van der Waals surface area contributed by atoms with E-state index in [4.69, 9.17) is 33.8 Å². The Balaban J connectivity index is 1.15. The highest BCUT2D eigenvalue weighted by Gasteiger charge is 2.54. The van der Waals surface area contributed by atoms with Crippen LogP contribution in [-0.4, -0.2) is 82.5 Å². The molecule has 2 aromatic carbocycles. The number of phenols is 2.